The predicted octanol–water partition coefficient (Wildman–Crippen LogP) is 1.14. The van der Waals surface area contributed by atoms with Gasteiger partial charge in [-0.1, -0.05) is 0 Å². The van der Waals surface area contributed by atoms with Crippen LogP contribution in [0, 0.1) is 0 Å². The number of fused-ring (bicyclic) bond motifs is 2. The zero-order valence-corrected chi connectivity index (χ0v) is 12.7. The van der Waals surface area contributed by atoms with Gasteiger partial charge in [0.2, 0.25) is 5.91 Å². The minimum Gasteiger partial charge on any atom is -0.493 e. The Morgan fingerprint density at radius 3 is 2.91 bits per heavy atom. The summed E-state index contributed by atoms with van der Waals surface area (Å²) in [6, 6.07) is 4.04. The number of carbonyl (C=O) groups excluding carboxylic acids is 2. The number of aromatic nitrogens is 1. The summed E-state index contributed by atoms with van der Waals surface area (Å²) in [7, 11) is 1.61. The Hall–Kier alpha value is -2.50. The van der Waals surface area contributed by atoms with Gasteiger partial charge in [-0.05, 0) is 29.7 Å². The van der Waals surface area contributed by atoms with Gasteiger partial charge in [-0.25, -0.2) is 0 Å². The van der Waals surface area contributed by atoms with E-state index in [1.165, 1.54) is 6.92 Å². The fourth-order valence-electron chi connectivity index (χ4n) is 2.87. The number of ether oxygens (including phenoxy) is 1. The molecule has 0 atom stereocenters. The summed E-state index contributed by atoms with van der Waals surface area (Å²) in [5, 5.41) is 6.40. The molecule has 2 heterocycles. The largest absolute Gasteiger partial charge is 0.493 e. The van der Waals surface area contributed by atoms with Crippen molar-refractivity contribution in [2.24, 2.45) is 0 Å². The Bertz CT molecular complexity index is 749. The van der Waals surface area contributed by atoms with E-state index in [-0.39, 0.29) is 11.8 Å². The first-order chi connectivity index (χ1) is 10.6. The van der Waals surface area contributed by atoms with Crippen LogP contribution in [0.4, 0.5) is 0 Å². The van der Waals surface area contributed by atoms with Gasteiger partial charge < -0.3 is 20.4 Å². The molecule has 0 fully saturated rings. The van der Waals surface area contributed by atoms with Gasteiger partial charge in [0.05, 0.1) is 6.61 Å². The van der Waals surface area contributed by atoms with Crippen LogP contribution in [-0.2, 0) is 17.6 Å². The van der Waals surface area contributed by atoms with Crippen molar-refractivity contribution in [2.45, 2.75) is 19.8 Å². The van der Waals surface area contributed by atoms with E-state index in [4.69, 9.17) is 4.74 Å². The van der Waals surface area contributed by atoms with Gasteiger partial charge in [-0.2, -0.15) is 0 Å². The number of aromatic amines is 1. The second kappa shape index (κ2) is 5.71. The first-order valence-corrected chi connectivity index (χ1v) is 7.37. The second-order valence-electron chi connectivity index (χ2n) is 5.39. The van der Waals surface area contributed by atoms with E-state index >= 15 is 0 Å². The highest BCUT2D eigenvalue weighted by Crippen LogP contribution is 2.33. The highest BCUT2D eigenvalue weighted by molar-refractivity contribution is 6.01. The molecule has 3 rings (SSSR count). The van der Waals surface area contributed by atoms with Gasteiger partial charge in [-0.15, -0.1) is 0 Å². The molecule has 0 aliphatic carbocycles. The van der Waals surface area contributed by atoms with Crippen molar-refractivity contribution in [1.29, 1.82) is 0 Å². The van der Waals surface area contributed by atoms with Crippen molar-refractivity contribution in [3.8, 4) is 5.75 Å². The third-order valence-corrected chi connectivity index (χ3v) is 3.92. The van der Waals surface area contributed by atoms with E-state index in [0.29, 0.717) is 25.3 Å². The number of nitrogens with one attached hydrogen (secondary N) is 3. The van der Waals surface area contributed by atoms with E-state index in [0.717, 1.165) is 34.2 Å². The molecule has 0 saturated heterocycles. The Labute approximate surface area is 128 Å². The third-order valence-electron chi connectivity index (χ3n) is 3.92. The van der Waals surface area contributed by atoms with E-state index in [2.05, 4.69) is 15.6 Å². The molecule has 2 amide bonds. The molecule has 1 aromatic heterocycles. The molecular formula is C16H19N3O3. The van der Waals surface area contributed by atoms with Crippen molar-refractivity contribution < 1.29 is 14.3 Å². The number of hydrogen-bond donors (Lipinski definition) is 3. The molecule has 0 unspecified atom stereocenters. The van der Waals surface area contributed by atoms with Crippen LogP contribution < -0.4 is 15.4 Å². The molecule has 0 saturated carbocycles. The predicted molar refractivity (Wildman–Crippen MR) is 83.3 cm³/mol. The minimum atomic E-state index is -0.157. The summed E-state index contributed by atoms with van der Waals surface area (Å²) in [5.74, 6) is 0.649. The van der Waals surface area contributed by atoms with Crippen molar-refractivity contribution in [1.82, 2.24) is 15.6 Å². The Morgan fingerprint density at radius 2 is 2.18 bits per heavy atom. The van der Waals surface area contributed by atoms with Crippen molar-refractivity contribution in [2.75, 3.05) is 20.2 Å². The zero-order valence-electron chi connectivity index (χ0n) is 12.7. The van der Waals surface area contributed by atoms with E-state index < -0.39 is 0 Å². The van der Waals surface area contributed by atoms with Gasteiger partial charge in [0.15, 0.2) is 0 Å². The van der Waals surface area contributed by atoms with Crippen LogP contribution in [0.1, 0.15) is 28.5 Å². The number of rotatable bonds is 4. The fraction of sp³-hybridized carbons (Fsp3) is 0.375. The Morgan fingerprint density at radius 1 is 1.36 bits per heavy atom. The highest BCUT2D eigenvalue weighted by atomic mass is 16.5. The maximum absolute atomic E-state index is 12.1. The molecule has 3 N–H and O–H groups in total. The van der Waals surface area contributed by atoms with Gasteiger partial charge in [0.25, 0.3) is 5.91 Å². The molecule has 22 heavy (non-hydrogen) atoms. The number of H-pyrrole nitrogens is 1. The van der Waals surface area contributed by atoms with Gasteiger partial charge in [-0.3, -0.25) is 9.59 Å². The van der Waals surface area contributed by atoms with Crippen molar-refractivity contribution in [3.05, 3.63) is 29.0 Å². The lowest BCUT2D eigenvalue weighted by Gasteiger charge is -2.05. The Balaban J connectivity index is 2.04. The van der Waals surface area contributed by atoms with Crippen LogP contribution >= 0.6 is 0 Å². The third kappa shape index (κ3) is 2.52. The minimum absolute atomic E-state index is 0.0782. The summed E-state index contributed by atoms with van der Waals surface area (Å²) in [4.78, 5) is 26.3. The summed E-state index contributed by atoms with van der Waals surface area (Å²) in [6.07, 6.45) is 1.47. The molecule has 1 aliphatic heterocycles. The fourth-order valence-corrected chi connectivity index (χ4v) is 2.87. The second-order valence-corrected chi connectivity index (χ2v) is 5.39. The monoisotopic (exact) mass is 301 g/mol. The van der Waals surface area contributed by atoms with Crippen LogP contribution in [-0.4, -0.2) is 37.0 Å². The molecule has 0 bridgehead atoms. The van der Waals surface area contributed by atoms with Crippen LogP contribution in [0.3, 0.4) is 0 Å². The average molecular weight is 301 g/mol. The molecule has 1 aromatic carbocycles. The number of amides is 2. The standard InChI is InChI=1S/C16H19N3O3/c1-9(20)18-5-3-11-12-8-14-10(4-6-22-14)7-13(12)19-15(11)16(21)17-2/h7-8,19H,3-6H2,1-2H3,(H,17,21)(H,18,20). The maximum atomic E-state index is 12.1. The molecular weight excluding hydrogens is 282 g/mol. The van der Waals surface area contributed by atoms with Gasteiger partial charge >= 0.3 is 0 Å². The van der Waals surface area contributed by atoms with Crippen LogP contribution in [0.25, 0.3) is 10.9 Å². The van der Waals surface area contributed by atoms with E-state index in [1.807, 2.05) is 12.1 Å². The Kier molecular flexibility index (Phi) is 3.75. The van der Waals surface area contributed by atoms with Crippen LogP contribution in [0.2, 0.25) is 0 Å². The lowest BCUT2D eigenvalue weighted by molar-refractivity contribution is -0.118. The highest BCUT2D eigenvalue weighted by Gasteiger charge is 2.20. The average Bonchev–Trinajstić information content (AvgIpc) is 3.08. The topological polar surface area (TPSA) is 83.2 Å². The van der Waals surface area contributed by atoms with Crippen LogP contribution in [0.15, 0.2) is 12.1 Å². The van der Waals surface area contributed by atoms with Crippen LogP contribution in [0.5, 0.6) is 5.75 Å². The normalized spacial score (nSPS) is 12.8. The lowest BCUT2D eigenvalue weighted by Crippen LogP contribution is -2.24. The molecule has 0 spiro atoms. The summed E-state index contributed by atoms with van der Waals surface area (Å²) in [6.45, 7) is 2.67. The van der Waals surface area contributed by atoms with E-state index in [1.54, 1.807) is 7.05 Å². The van der Waals surface area contributed by atoms with E-state index in [9.17, 15) is 9.59 Å². The number of benzene rings is 1. The molecule has 1 aliphatic rings. The zero-order chi connectivity index (χ0) is 15.7. The van der Waals surface area contributed by atoms with Gasteiger partial charge in [0.1, 0.15) is 11.4 Å². The number of hydrogen-bond acceptors (Lipinski definition) is 3. The van der Waals surface area contributed by atoms with Crippen molar-refractivity contribution >= 4 is 22.7 Å². The quantitative estimate of drug-likeness (QED) is 0.792. The molecule has 6 nitrogen and oxygen atoms in total. The lowest BCUT2D eigenvalue weighted by atomic mass is 10.0. The van der Waals surface area contributed by atoms with Gasteiger partial charge in [0, 0.05) is 37.8 Å². The SMILES string of the molecule is CNC(=O)c1[nH]c2cc3c(cc2c1CCNC(C)=O)OCC3. The molecule has 6 heteroatoms. The molecule has 2 aromatic rings. The smallest absolute Gasteiger partial charge is 0.267 e. The first-order valence-electron chi connectivity index (χ1n) is 7.37. The molecule has 116 valence electrons. The summed E-state index contributed by atoms with van der Waals surface area (Å²) >= 11 is 0. The summed E-state index contributed by atoms with van der Waals surface area (Å²) in [5.41, 5.74) is 3.54. The summed E-state index contributed by atoms with van der Waals surface area (Å²) < 4.78 is 5.62. The van der Waals surface area contributed by atoms with Crippen molar-refractivity contribution in [3.63, 3.8) is 0 Å². The first kappa shape index (κ1) is 14.4. The maximum Gasteiger partial charge on any atom is 0.267 e. The molecule has 0 radical (unpaired) electrons. The number of carbonyl (C=O) groups is 2.